The number of hydrogen-bond donors (Lipinski definition) is 1. The fourth-order valence-corrected chi connectivity index (χ4v) is 10.9. The highest BCUT2D eigenvalue weighted by atomic mass is 16.4. The molecule has 0 unspecified atom stereocenters. The molecule has 3 aromatic heterocycles. The van der Waals surface area contributed by atoms with Crippen LogP contribution in [0.5, 0.6) is 0 Å². The summed E-state index contributed by atoms with van der Waals surface area (Å²) < 4.78 is 7.45. The first-order valence-electron chi connectivity index (χ1n) is 26.4. The van der Waals surface area contributed by atoms with Gasteiger partial charge >= 0.3 is 5.97 Å². The summed E-state index contributed by atoms with van der Waals surface area (Å²) in [5, 5.41) is 16.9. The lowest BCUT2D eigenvalue weighted by Gasteiger charge is -2.08. The van der Waals surface area contributed by atoms with E-state index < -0.39 is 5.97 Å². The monoisotopic (exact) mass is 934 g/mol. The summed E-state index contributed by atoms with van der Waals surface area (Å²) in [6.07, 6.45) is 26.3. The first-order valence-corrected chi connectivity index (χ1v) is 26.4. The highest BCUT2D eigenvalue weighted by Crippen LogP contribution is 2.34. The molecule has 3 heterocycles. The number of aromatic nitrogens is 3. The van der Waals surface area contributed by atoms with Gasteiger partial charge in [0.1, 0.15) is 0 Å². The van der Waals surface area contributed by atoms with Gasteiger partial charge in [-0.25, -0.2) is 0 Å². The number of carboxylic acids is 1. The fraction of sp³-hybridized carbons (Fsp3) is 0.258. The Bertz CT molecular complexity index is 3430. The second-order valence-corrected chi connectivity index (χ2v) is 19.6. The zero-order chi connectivity index (χ0) is 48.5. The molecular weight excluding hydrogens is 867 g/mol. The van der Waals surface area contributed by atoms with Crippen LogP contribution in [0.1, 0.15) is 124 Å². The van der Waals surface area contributed by atoms with Crippen molar-refractivity contribution in [1.29, 1.82) is 0 Å². The molecule has 0 atom stereocenters. The van der Waals surface area contributed by atoms with Gasteiger partial charge in [0, 0.05) is 91.5 Å². The minimum Gasteiger partial charge on any atom is -0.481 e. The van der Waals surface area contributed by atoms with E-state index in [9.17, 15) is 4.79 Å². The highest BCUT2D eigenvalue weighted by molar-refractivity contribution is 6.11. The summed E-state index contributed by atoms with van der Waals surface area (Å²) in [6, 6.07) is 54.0. The van der Waals surface area contributed by atoms with Gasteiger partial charge in [0.2, 0.25) is 0 Å². The van der Waals surface area contributed by atoms with Crippen LogP contribution >= 0.6 is 0 Å². The number of unbranched alkanes of at least 4 members (excludes halogenated alkanes) is 8. The van der Waals surface area contributed by atoms with Crippen LogP contribution < -0.4 is 0 Å². The maximum Gasteiger partial charge on any atom is 0.303 e. The molecule has 0 bridgehead atoms. The largest absolute Gasteiger partial charge is 0.481 e. The van der Waals surface area contributed by atoms with Gasteiger partial charge in [0.05, 0.1) is 0 Å². The number of hydrogen-bond acceptors (Lipinski definition) is 1. The molecule has 0 saturated carbocycles. The van der Waals surface area contributed by atoms with E-state index in [1.807, 2.05) is 0 Å². The minimum absolute atomic E-state index is 0.227. The van der Waals surface area contributed by atoms with E-state index >= 15 is 0 Å². The molecule has 10 rings (SSSR count). The molecule has 7 aromatic carbocycles. The van der Waals surface area contributed by atoms with Gasteiger partial charge in [0.15, 0.2) is 0 Å². The molecule has 1 N–H and O–H groups in total. The van der Waals surface area contributed by atoms with Crippen molar-refractivity contribution >= 4 is 108 Å². The van der Waals surface area contributed by atoms with E-state index in [-0.39, 0.29) is 6.42 Å². The average Bonchev–Trinajstić information content (AvgIpc) is 4.01. The lowest BCUT2D eigenvalue weighted by atomic mass is 10.0. The Morgan fingerprint density at radius 3 is 1.00 bits per heavy atom. The number of aryl methyl sites for hydroxylation is 3. The van der Waals surface area contributed by atoms with Crippen LogP contribution in [-0.4, -0.2) is 24.8 Å². The SMILES string of the molecule is CCCCCCn1c2ccccc2c2cc(/C=C/c3cc(/C=C/c4ccc5c(c4)c4ccccc4n5CCCCCC)cc(/C=C/c4ccc5c(c4)c4ccccc4n5CCCCCC(=O)O)c3)ccc21. The van der Waals surface area contributed by atoms with Gasteiger partial charge in [-0.15, -0.1) is 0 Å². The van der Waals surface area contributed by atoms with Gasteiger partial charge in [-0.3, -0.25) is 4.79 Å². The molecule has 0 amide bonds. The molecule has 5 nitrogen and oxygen atoms in total. The van der Waals surface area contributed by atoms with Gasteiger partial charge in [-0.05, 0) is 132 Å². The van der Waals surface area contributed by atoms with Gasteiger partial charge in [-0.1, -0.05) is 168 Å². The van der Waals surface area contributed by atoms with Crippen molar-refractivity contribution in [2.75, 3.05) is 0 Å². The van der Waals surface area contributed by atoms with Crippen LogP contribution in [0.15, 0.2) is 146 Å². The Balaban J connectivity index is 0.978. The molecule has 0 radical (unpaired) electrons. The first-order chi connectivity index (χ1) is 34.9. The molecule has 5 heteroatoms. The predicted molar refractivity (Wildman–Crippen MR) is 306 cm³/mol. The average molecular weight is 934 g/mol. The maximum atomic E-state index is 11.1. The molecule has 0 saturated heterocycles. The standard InChI is InChI=1S/C66H67N3O2/c1-3-5-7-17-39-67-60-23-14-11-20-54(60)57-45-48(33-36-63(57)67)27-30-51-42-52(31-28-49-34-37-64-58(46-49)55-21-12-15-24-61(55)68(64)40-18-8-6-4-2)44-53(43-51)32-29-50-35-38-65-59(47-50)56-22-13-16-25-62(56)69(65)41-19-9-10-26-66(70)71/h11-16,20-25,27-38,42-47H,3-10,17-19,26,39-41H2,1-2H3,(H,70,71)/b30-27+,31-28+,32-29+. The molecule has 0 aliphatic heterocycles. The number of para-hydroxylation sites is 3. The van der Waals surface area contributed by atoms with Gasteiger partial charge in [-0.2, -0.15) is 0 Å². The zero-order valence-electron chi connectivity index (χ0n) is 41.6. The second kappa shape index (κ2) is 22.2. The third kappa shape index (κ3) is 10.6. The van der Waals surface area contributed by atoms with Gasteiger partial charge in [0.25, 0.3) is 0 Å². The summed E-state index contributed by atoms with van der Waals surface area (Å²) in [5.74, 6) is -0.721. The lowest BCUT2D eigenvalue weighted by Crippen LogP contribution is -1.99. The molecule has 10 aromatic rings. The van der Waals surface area contributed by atoms with Crippen LogP contribution in [0.3, 0.4) is 0 Å². The van der Waals surface area contributed by atoms with Gasteiger partial charge < -0.3 is 18.8 Å². The molecular formula is C66H67N3O2. The number of carboxylic acid groups (broad SMARTS) is 1. The Kier molecular flexibility index (Phi) is 14.8. The summed E-state index contributed by atoms with van der Waals surface area (Å²) in [7, 11) is 0. The minimum atomic E-state index is -0.721. The highest BCUT2D eigenvalue weighted by Gasteiger charge is 2.14. The Labute approximate surface area is 419 Å². The predicted octanol–water partition coefficient (Wildman–Crippen LogP) is 18.3. The van der Waals surface area contributed by atoms with Crippen LogP contribution in [0.4, 0.5) is 0 Å². The van der Waals surface area contributed by atoms with E-state index in [0.717, 1.165) is 54.7 Å². The topological polar surface area (TPSA) is 52.1 Å². The quantitative estimate of drug-likeness (QED) is 0.0544. The maximum absolute atomic E-state index is 11.1. The van der Waals surface area contributed by atoms with Crippen LogP contribution in [0.25, 0.3) is 102 Å². The first kappa shape index (κ1) is 47.3. The zero-order valence-corrected chi connectivity index (χ0v) is 41.6. The van der Waals surface area contributed by atoms with Crippen LogP contribution in [0, 0.1) is 0 Å². The summed E-state index contributed by atoms with van der Waals surface area (Å²) in [4.78, 5) is 11.1. The third-order valence-corrected chi connectivity index (χ3v) is 14.5. The van der Waals surface area contributed by atoms with Crippen molar-refractivity contribution in [3.05, 3.63) is 179 Å². The summed E-state index contributed by atoms with van der Waals surface area (Å²) in [6.45, 7) is 7.50. The Morgan fingerprint density at radius 1 is 0.352 bits per heavy atom. The van der Waals surface area contributed by atoms with E-state index in [0.29, 0.717) is 6.42 Å². The number of aliphatic carboxylic acids is 1. The van der Waals surface area contributed by atoms with E-state index in [4.69, 9.17) is 5.11 Å². The third-order valence-electron chi connectivity index (χ3n) is 14.5. The van der Waals surface area contributed by atoms with Crippen molar-refractivity contribution in [3.63, 3.8) is 0 Å². The van der Waals surface area contributed by atoms with Crippen molar-refractivity contribution < 1.29 is 9.90 Å². The number of rotatable bonds is 22. The fourth-order valence-electron chi connectivity index (χ4n) is 10.9. The summed E-state index contributed by atoms with van der Waals surface area (Å²) >= 11 is 0. The van der Waals surface area contributed by atoms with Crippen LogP contribution in [-0.2, 0) is 24.4 Å². The van der Waals surface area contributed by atoms with Crippen molar-refractivity contribution in [3.8, 4) is 0 Å². The van der Waals surface area contributed by atoms with Crippen LogP contribution in [0.2, 0.25) is 0 Å². The van der Waals surface area contributed by atoms with Crippen molar-refractivity contribution in [2.24, 2.45) is 0 Å². The molecule has 71 heavy (non-hydrogen) atoms. The van der Waals surface area contributed by atoms with Crippen molar-refractivity contribution in [1.82, 2.24) is 13.7 Å². The van der Waals surface area contributed by atoms with E-state index in [1.165, 1.54) is 128 Å². The van der Waals surface area contributed by atoms with E-state index in [1.54, 1.807) is 0 Å². The second-order valence-electron chi connectivity index (χ2n) is 19.6. The molecule has 0 spiro atoms. The Morgan fingerprint density at radius 2 is 0.662 bits per heavy atom. The molecule has 0 fully saturated rings. The summed E-state index contributed by atoms with van der Waals surface area (Å²) in [5.41, 5.74) is 14.6. The molecule has 0 aliphatic carbocycles. The smallest absolute Gasteiger partial charge is 0.303 e. The Hall–Kier alpha value is -7.37. The number of nitrogens with zero attached hydrogens (tertiary/aromatic N) is 3. The number of benzene rings is 7. The van der Waals surface area contributed by atoms with Crippen molar-refractivity contribution in [2.45, 2.75) is 111 Å². The molecule has 0 aliphatic rings. The molecule has 358 valence electrons. The number of carbonyl (C=O) groups is 1. The number of fused-ring (bicyclic) bond motifs is 9. The van der Waals surface area contributed by atoms with E-state index in [2.05, 4.69) is 210 Å². The lowest BCUT2D eigenvalue weighted by molar-refractivity contribution is -0.137. The normalized spacial score (nSPS) is 12.3.